The highest BCUT2D eigenvalue weighted by atomic mass is 15.0. The molecule has 0 aliphatic rings. The van der Waals surface area contributed by atoms with E-state index in [0.717, 1.165) is 139 Å². The van der Waals surface area contributed by atoms with E-state index in [2.05, 4.69) is 316 Å². The van der Waals surface area contributed by atoms with Gasteiger partial charge in [0.1, 0.15) is 0 Å². The number of benzene rings is 13. The topological polar surface area (TPSA) is 84.2 Å². The van der Waals surface area contributed by atoms with Gasteiger partial charge in [0.2, 0.25) is 0 Å². The summed E-state index contributed by atoms with van der Waals surface area (Å²) in [6.45, 7) is 0. The predicted molar refractivity (Wildman–Crippen MR) is 411 cm³/mol. The van der Waals surface area contributed by atoms with Gasteiger partial charge in [-0.3, -0.25) is 4.98 Å². The van der Waals surface area contributed by atoms with Crippen LogP contribution in [-0.2, 0) is 0 Å². The van der Waals surface area contributed by atoms with Crippen LogP contribution in [0.2, 0.25) is 0 Å². The molecule has 20 rings (SSSR count). The minimum Gasteiger partial charge on any atom is -0.309 e. The molecular formula is C91H57N9. The van der Waals surface area contributed by atoms with Crippen LogP contribution in [0.25, 0.3) is 189 Å². The zero-order valence-corrected chi connectivity index (χ0v) is 53.9. The second kappa shape index (κ2) is 23.0. The molecular weight excluding hydrogens is 1220 g/mol. The Bertz CT molecular complexity index is 6350. The first kappa shape index (κ1) is 56.7. The van der Waals surface area contributed by atoms with E-state index in [9.17, 15) is 0 Å². The second-order valence-corrected chi connectivity index (χ2v) is 25.5. The summed E-state index contributed by atoms with van der Waals surface area (Å²) in [5, 5.41) is 9.29. The van der Waals surface area contributed by atoms with E-state index >= 15 is 0 Å². The van der Waals surface area contributed by atoms with Crippen molar-refractivity contribution in [1.29, 1.82) is 0 Å². The van der Waals surface area contributed by atoms with Gasteiger partial charge in [0.15, 0.2) is 17.5 Å². The first-order chi connectivity index (χ1) is 49.6. The van der Waals surface area contributed by atoms with E-state index in [1.165, 1.54) is 32.3 Å². The van der Waals surface area contributed by atoms with Gasteiger partial charge >= 0.3 is 0 Å². The smallest absolute Gasteiger partial charge is 0.164 e. The maximum atomic E-state index is 6.30. The number of aromatic nitrogens is 9. The van der Waals surface area contributed by atoms with Gasteiger partial charge in [-0.15, -0.1) is 0 Å². The number of nitrogens with zero attached hydrogens (tertiary/aromatic N) is 9. The van der Waals surface area contributed by atoms with Crippen molar-refractivity contribution in [3.05, 3.63) is 346 Å². The largest absolute Gasteiger partial charge is 0.309 e. The van der Waals surface area contributed by atoms with Crippen LogP contribution in [0.4, 0.5) is 0 Å². The van der Waals surface area contributed by atoms with Crippen LogP contribution < -0.4 is 0 Å². The molecule has 0 unspecified atom stereocenters. The van der Waals surface area contributed by atoms with Crippen LogP contribution >= 0.6 is 0 Å². The Kier molecular flexibility index (Phi) is 13.1. The van der Waals surface area contributed by atoms with Gasteiger partial charge in [0, 0.05) is 111 Å². The molecule has 0 N–H and O–H groups in total. The first-order valence-electron chi connectivity index (χ1n) is 33.8. The van der Waals surface area contributed by atoms with Crippen molar-refractivity contribution in [3.8, 4) is 102 Å². The molecule has 9 heteroatoms. The van der Waals surface area contributed by atoms with Crippen LogP contribution in [0.15, 0.2) is 346 Å². The molecule has 13 aromatic carbocycles. The molecule has 0 amide bonds. The number of para-hydroxylation sites is 7. The van der Waals surface area contributed by atoms with E-state index in [1.807, 2.05) is 48.8 Å². The molecule has 0 fully saturated rings. The van der Waals surface area contributed by atoms with E-state index in [4.69, 9.17) is 24.9 Å². The summed E-state index contributed by atoms with van der Waals surface area (Å²) in [5.41, 5.74) is 22.5. The van der Waals surface area contributed by atoms with Crippen LogP contribution in [0.5, 0.6) is 0 Å². The van der Waals surface area contributed by atoms with E-state index in [0.29, 0.717) is 17.5 Å². The number of rotatable bonds is 11. The monoisotopic (exact) mass is 1280 g/mol. The van der Waals surface area contributed by atoms with Crippen LogP contribution in [0, 0.1) is 0 Å². The lowest BCUT2D eigenvalue weighted by molar-refractivity contribution is 1.07. The molecule has 7 aromatic heterocycles. The lowest BCUT2D eigenvalue weighted by Crippen LogP contribution is -2.08. The quantitative estimate of drug-likeness (QED) is 0.129. The predicted octanol–water partition coefficient (Wildman–Crippen LogP) is 22.7. The van der Waals surface area contributed by atoms with Crippen molar-refractivity contribution in [2.45, 2.75) is 0 Å². The fraction of sp³-hybridized carbons (Fsp3) is 0. The molecule has 0 spiro atoms. The minimum absolute atomic E-state index is 0.527. The molecule has 7 heterocycles. The normalized spacial score (nSPS) is 11.8. The highest BCUT2D eigenvalue weighted by molar-refractivity contribution is 6.14. The average Bonchev–Trinajstić information content (AvgIpc) is 1.24. The maximum Gasteiger partial charge on any atom is 0.164 e. The molecule has 9 nitrogen and oxygen atoms in total. The molecule has 0 radical (unpaired) electrons. The van der Waals surface area contributed by atoms with Crippen molar-refractivity contribution in [2.24, 2.45) is 0 Å². The summed E-state index contributed by atoms with van der Waals surface area (Å²) in [7, 11) is 0. The molecule has 20 aromatic rings. The lowest BCUT2D eigenvalue weighted by Gasteiger charge is -2.26. The molecule has 100 heavy (non-hydrogen) atoms. The third-order valence-electron chi connectivity index (χ3n) is 20.0. The molecule has 0 saturated heterocycles. The third-order valence-corrected chi connectivity index (χ3v) is 20.0. The Balaban J connectivity index is 0.928. The summed E-state index contributed by atoms with van der Waals surface area (Å²) in [5.74, 6) is 1.66. The van der Waals surface area contributed by atoms with Gasteiger partial charge in [0.25, 0.3) is 0 Å². The van der Waals surface area contributed by atoms with Gasteiger partial charge in [0.05, 0.1) is 61.2 Å². The number of hydrogen-bond donors (Lipinski definition) is 0. The van der Waals surface area contributed by atoms with E-state index in [1.54, 1.807) is 0 Å². The Morgan fingerprint density at radius 2 is 0.520 bits per heavy atom. The molecule has 0 aliphatic carbocycles. The Hall–Kier alpha value is -13.6. The van der Waals surface area contributed by atoms with Crippen molar-refractivity contribution in [2.75, 3.05) is 0 Å². The lowest BCUT2D eigenvalue weighted by atomic mass is 9.85. The van der Waals surface area contributed by atoms with Crippen molar-refractivity contribution < 1.29 is 0 Å². The highest BCUT2D eigenvalue weighted by Crippen LogP contribution is 2.51. The maximum absolute atomic E-state index is 6.30. The molecule has 0 saturated carbocycles. The Labute approximate surface area is 574 Å². The zero-order valence-electron chi connectivity index (χ0n) is 53.9. The van der Waals surface area contributed by atoms with Crippen LogP contribution in [0.3, 0.4) is 0 Å². The average molecular weight is 1280 g/mol. The fourth-order valence-corrected chi connectivity index (χ4v) is 15.5. The summed E-state index contributed by atoms with van der Waals surface area (Å²) in [4.78, 5) is 27.4. The third kappa shape index (κ3) is 8.99. The van der Waals surface area contributed by atoms with Crippen molar-refractivity contribution in [1.82, 2.24) is 43.2 Å². The number of pyridine rings is 2. The summed E-state index contributed by atoms with van der Waals surface area (Å²) < 4.78 is 9.58. The molecule has 0 aliphatic heterocycles. The van der Waals surface area contributed by atoms with Gasteiger partial charge < -0.3 is 18.3 Å². The van der Waals surface area contributed by atoms with Crippen molar-refractivity contribution in [3.63, 3.8) is 0 Å². The van der Waals surface area contributed by atoms with Gasteiger partial charge in [-0.25, -0.2) is 19.9 Å². The Morgan fingerprint density at radius 3 is 0.940 bits per heavy atom. The zero-order chi connectivity index (χ0) is 65.8. The molecule has 0 bridgehead atoms. The number of fused-ring (bicyclic) bond motifs is 12. The van der Waals surface area contributed by atoms with Gasteiger partial charge in [-0.1, -0.05) is 249 Å². The van der Waals surface area contributed by atoms with E-state index in [-0.39, 0.29) is 0 Å². The van der Waals surface area contributed by atoms with Crippen LogP contribution in [0.1, 0.15) is 0 Å². The summed E-state index contributed by atoms with van der Waals surface area (Å²) >= 11 is 0. The van der Waals surface area contributed by atoms with Crippen molar-refractivity contribution >= 4 is 87.2 Å². The second-order valence-electron chi connectivity index (χ2n) is 25.5. The van der Waals surface area contributed by atoms with E-state index < -0.39 is 0 Å². The minimum atomic E-state index is 0.527. The van der Waals surface area contributed by atoms with Gasteiger partial charge in [-0.2, -0.15) is 0 Å². The summed E-state index contributed by atoms with van der Waals surface area (Å²) in [6, 6.07) is 119. The molecule has 466 valence electrons. The first-order valence-corrected chi connectivity index (χ1v) is 33.8. The summed E-state index contributed by atoms with van der Waals surface area (Å²) in [6.07, 6.45) is 3.90. The standard InChI is InChI=1S/C91H57N9/c1-3-23-61(24-4-1)89-94-90(62-25-5-2-6-26-62)96-91(95-89)74-35-8-7-34-73(74)85-84(58-43-49-63(50-44-58)97-76-36-16-9-27-66(76)67-28-10-17-37-77(67)97)86(59-45-51-64(52-46-59)98-78-38-18-11-29-68(78)69-30-12-19-39-79(69)98)93-87(88(85)100-82-42-22-15-33-72(82)75-57-92-56-55-83(75)100)60-47-53-65(54-48-60)99-80-40-20-13-31-70(80)71-32-14-21-41-81(71)99/h1-57H. The van der Waals surface area contributed by atoms with Crippen LogP contribution in [-0.4, -0.2) is 43.2 Å². The van der Waals surface area contributed by atoms with Gasteiger partial charge in [-0.05, 0) is 96.1 Å². The SMILES string of the molecule is c1ccc(-c2nc(-c3ccccc3)nc(-c3ccccc3-c3c(-c4ccc(-n5c6ccccc6c6ccccc65)cc4)c(-c4ccc(-n5c6ccccc6c6ccccc65)cc4)nc(-c4ccc(-n5c6ccccc6c6ccccc65)cc4)c3-n3c4ccccc4c4cnccc43)n2)cc1. The number of hydrogen-bond acceptors (Lipinski definition) is 5. The molecule has 0 atom stereocenters. The Morgan fingerprint density at radius 1 is 0.200 bits per heavy atom. The fourth-order valence-electron chi connectivity index (χ4n) is 15.5. The highest BCUT2D eigenvalue weighted by Gasteiger charge is 2.31.